The largest absolute Gasteiger partial charge is 0.369 e. The Bertz CT molecular complexity index is 1850. The molecule has 3 saturated heterocycles. The van der Waals surface area contributed by atoms with E-state index in [1.807, 2.05) is 49.4 Å². The number of pyridine rings is 1. The Labute approximate surface area is 299 Å². The van der Waals surface area contributed by atoms with Gasteiger partial charge >= 0.3 is 0 Å². The quantitative estimate of drug-likeness (QED) is 0.181. The molecule has 1 aromatic heterocycles. The van der Waals surface area contributed by atoms with Crippen LogP contribution in [-0.4, -0.2) is 79.0 Å². The molecule has 2 bridgehead atoms. The molecule has 3 aliphatic rings. The van der Waals surface area contributed by atoms with Crippen molar-refractivity contribution in [2.45, 2.75) is 56.8 Å². The number of carbonyl (C=O) groups is 3. The van der Waals surface area contributed by atoms with Crippen LogP contribution in [-0.2, 0) is 0 Å². The van der Waals surface area contributed by atoms with Crippen molar-refractivity contribution < 1.29 is 14.4 Å². The van der Waals surface area contributed by atoms with E-state index in [0.29, 0.717) is 22.4 Å². The highest BCUT2D eigenvalue weighted by atomic mass is 16.2. The first-order valence-electron chi connectivity index (χ1n) is 17.9. The van der Waals surface area contributed by atoms with E-state index >= 15 is 0 Å². The van der Waals surface area contributed by atoms with Crippen molar-refractivity contribution >= 4 is 40.6 Å². The van der Waals surface area contributed by atoms with Gasteiger partial charge in [0.25, 0.3) is 17.7 Å². The van der Waals surface area contributed by atoms with E-state index < -0.39 is 5.91 Å². The van der Waals surface area contributed by atoms with Crippen molar-refractivity contribution in [3.63, 3.8) is 0 Å². The fourth-order valence-corrected chi connectivity index (χ4v) is 7.69. The number of anilines is 4. The summed E-state index contributed by atoms with van der Waals surface area (Å²) >= 11 is 0. The number of hydrogen-bond donors (Lipinski definition) is 4. The molecule has 3 aliphatic heterocycles. The maximum atomic E-state index is 13.4. The van der Waals surface area contributed by atoms with Gasteiger partial charge in [-0.3, -0.25) is 14.4 Å². The topological polar surface area (TPSA) is 136 Å². The molecule has 3 aromatic carbocycles. The summed E-state index contributed by atoms with van der Waals surface area (Å²) in [5, 5.41) is 9.58. The molecule has 11 heteroatoms. The summed E-state index contributed by atoms with van der Waals surface area (Å²) in [4.78, 5) is 50.5. The van der Waals surface area contributed by atoms with Crippen LogP contribution in [0.2, 0.25) is 0 Å². The van der Waals surface area contributed by atoms with Crippen molar-refractivity contribution in [2.75, 3.05) is 48.3 Å². The number of para-hydroxylation sites is 1. The zero-order chi connectivity index (χ0) is 35.5. The van der Waals surface area contributed by atoms with Crippen LogP contribution in [0.5, 0.6) is 0 Å². The number of rotatable bonds is 10. The second-order valence-electron chi connectivity index (χ2n) is 14.0. The molecule has 0 aliphatic carbocycles. The Hall–Kier alpha value is -5.42. The minimum Gasteiger partial charge on any atom is -0.369 e. The summed E-state index contributed by atoms with van der Waals surface area (Å²) in [5.41, 5.74) is 10.5. The van der Waals surface area contributed by atoms with Crippen LogP contribution in [0.4, 0.5) is 22.9 Å². The molecule has 5 N–H and O–H groups in total. The lowest BCUT2D eigenvalue weighted by Crippen LogP contribution is -2.50. The van der Waals surface area contributed by atoms with Gasteiger partial charge in [-0.05, 0) is 99.8 Å². The molecular weight excluding hydrogens is 640 g/mol. The number of aromatic nitrogens is 1. The first-order chi connectivity index (χ1) is 24.7. The van der Waals surface area contributed by atoms with E-state index in [0.717, 1.165) is 68.9 Å². The standard InChI is InChI=1S/C40H46N8O3/c1-26(27-8-12-32(13-9-27)47-20-18-46(2)19-21-47)43-40(51)29-11-17-37(42-25-29)48-33-14-15-34(48)24-31(23-33)45-39(50)28-10-16-35(38(41)49)36(22-28)44-30-6-4-3-5-7-30/h3-13,16-17,22,25-26,31,33-34,44H,14-15,18-21,23-24H2,1-2H3,(H2,41,49)(H,43,51)(H,45,50)/t26-,31-,33+,34-/m0/s1. The molecule has 11 nitrogen and oxygen atoms in total. The van der Waals surface area contributed by atoms with Gasteiger partial charge in [0, 0.05) is 67.4 Å². The van der Waals surface area contributed by atoms with Crippen LogP contribution in [0.1, 0.15) is 75.3 Å². The summed E-state index contributed by atoms with van der Waals surface area (Å²) in [6.45, 7) is 6.16. The zero-order valence-electron chi connectivity index (χ0n) is 29.2. The molecule has 4 heterocycles. The monoisotopic (exact) mass is 686 g/mol. The maximum Gasteiger partial charge on any atom is 0.253 e. The number of carbonyl (C=O) groups excluding carboxylic acids is 3. The summed E-state index contributed by atoms with van der Waals surface area (Å²) in [5.74, 6) is -0.0487. The van der Waals surface area contributed by atoms with Crippen molar-refractivity contribution in [1.29, 1.82) is 0 Å². The van der Waals surface area contributed by atoms with Gasteiger partial charge in [-0.2, -0.15) is 0 Å². The number of benzene rings is 3. The van der Waals surface area contributed by atoms with Crippen molar-refractivity contribution in [3.05, 3.63) is 113 Å². The van der Waals surface area contributed by atoms with Gasteiger partial charge in [0.1, 0.15) is 5.82 Å². The van der Waals surface area contributed by atoms with Gasteiger partial charge in [-0.25, -0.2) is 4.98 Å². The Morgan fingerprint density at radius 3 is 2.16 bits per heavy atom. The molecule has 4 atom stereocenters. The minimum atomic E-state index is -0.566. The molecular formula is C40H46N8O3. The van der Waals surface area contributed by atoms with Gasteiger partial charge in [-0.15, -0.1) is 0 Å². The van der Waals surface area contributed by atoms with Gasteiger partial charge in [0.15, 0.2) is 0 Å². The minimum absolute atomic E-state index is 0.00904. The smallest absolute Gasteiger partial charge is 0.253 e. The Morgan fingerprint density at radius 1 is 0.824 bits per heavy atom. The second-order valence-corrected chi connectivity index (χ2v) is 14.0. The third kappa shape index (κ3) is 7.68. The van der Waals surface area contributed by atoms with E-state index in [9.17, 15) is 14.4 Å². The van der Waals surface area contributed by atoms with Gasteiger partial charge in [0.05, 0.1) is 22.9 Å². The van der Waals surface area contributed by atoms with Crippen LogP contribution < -0.4 is 31.5 Å². The lowest BCUT2D eigenvalue weighted by atomic mass is 9.96. The summed E-state index contributed by atoms with van der Waals surface area (Å²) in [7, 11) is 2.16. The van der Waals surface area contributed by atoms with Gasteiger partial charge in [0.2, 0.25) is 0 Å². The van der Waals surface area contributed by atoms with Crippen molar-refractivity contribution in [2.24, 2.45) is 5.73 Å². The third-order valence-corrected chi connectivity index (χ3v) is 10.6. The van der Waals surface area contributed by atoms with Crippen LogP contribution in [0, 0.1) is 0 Å². The fraction of sp³-hybridized carbons (Fsp3) is 0.350. The number of primary amides is 1. The Morgan fingerprint density at radius 2 is 1.51 bits per heavy atom. The average Bonchev–Trinajstić information content (AvgIpc) is 3.41. The predicted molar refractivity (Wildman–Crippen MR) is 201 cm³/mol. The molecule has 4 aromatic rings. The van der Waals surface area contributed by atoms with Crippen LogP contribution in [0.15, 0.2) is 91.1 Å². The number of piperazine rings is 1. The first kappa shape index (κ1) is 34.0. The second kappa shape index (κ2) is 14.8. The lowest BCUT2D eigenvalue weighted by molar-refractivity contribution is 0.0922. The molecule has 3 fully saturated rings. The highest BCUT2D eigenvalue weighted by Gasteiger charge is 2.42. The highest BCUT2D eigenvalue weighted by molar-refractivity contribution is 6.02. The average molecular weight is 687 g/mol. The summed E-state index contributed by atoms with van der Waals surface area (Å²) in [6.07, 6.45) is 5.30. The van der Waals surface area contributed by atoms with Gasteiger partial charge in [-0.1, -0.05) is 30.3 Å². The number of nitrogens with two attached hydrogens (primary N) is 1. The van der Waals surface area contributed by atoms with E-state index in [1.54, 1.807) is 24.4 Å². The number of piperidine rings is 1. The molecule has 264 valence electrons. The lowest BCUT2D eigenvalue weighted by Gasteiger charge is -2.40. The summed E-state index contributed by atoms with van der Waals surface area (Å²) < 4.78 is 0. The number of nitrogens with one attached hydrogen (secondary N) is 3. The molecule has 3 amide bonds. The third-order valence-electron chi connectivity index (χ3n) is 10.6. The number of likely N-dealkylation sites (N-methyl/N-ethyl adjacent to an activating group) is 1. The van der Waals surface area contributed by atoms with E-state index in [4.69, 9.17) is 10.7 Å². The van der Waals surface area contributed by atoms with E-state index in [2.05, 4.69) is 62.0 Å². The molecule has 0 unspecified atom stereocenters. The molecule has 51 heavy (non-hydrogen) atoms. The Balaban J connectivity index is 0.942. The van der Waals surface area contributed by atoms with Crippen LogP contribution in [0.3, 0.4) is 0 Å². The normalized spacial score (nSPS) is 20.8. The molecule has 0 saturated carbocycles. The molecule has 0 radical (unpaired) electrons. The van der Waals surface area contributed by atoms with Crippen molar-refractivity contribution in [3.8, 4) is 0 Å². The van der Waals surface area contributed by atoms with Crippen molar-refractivity contribution in [1.82, 2.24) is 20.5 Å². The molecule has 0 spiro atoms. The fourth-order valence-electron chi connectivity index (χ4n) is 7.69. The highest BCUT2D eigenvalue weighted by Crippen LogP contribution is 2.39. The number of fused-ring (bicyclic) bond motifs is 2. The zero-order valence-corrected chi connectivity index (χ0v) is 29.2. The van der Waals surface area contributed by atoms with Gasteiger partial charge < -0.3 is 36.4 Å². The van der Waals surface area contributed by atoms with Crippen LogP contribution >= 0.6 is 0 Å². The molecule has 7 rings (SSSR count). The maximum absolute atomic E-state index is 13.4. The number of hydrogen-bond acceptors (Lipinski definition) is 8. The number of nitrogens with zero attached hydrogens (tertiary/aromatic N) is 4. The Kier molecular flexibility index (Phi) is 9.90. The summed E-state index contributed by atoms with van der Waals surface area (Å²) in [6, 6.07) is 27.0. The SMILES string of the molecule is C[C@H](NC(=O)c1ccc(N2[C@@H]3CC[C@H]2C[C@@H](NC(=O)c2ccc(C(N)=O)c(Nc4ccccc4)c2)C3)nc1)c1ccc(N2CCN(C)CC2)cc1. The van der Waals surface area contributed by atoms with E-state index in [-0.39, 0.29) is 36.0 Å². The number of amides is 3. The van der Waals surface area contributed by atoms with E-state index in [1.165, 1.54) is 5.69 Å². The van der Waals surface area contributed by atoms with Crippen LogP contribution in [0.25, 0.3) is 0 Å². The predicted octanol–water partition coefficient (Wildman–Crippen LogP) is 5.10. The first-order valence-corrected chi connectivity index (χ1v) is 17.9.